The second-order valence-corrected chi connectivity index (χ2v) is 2.19. The van der Waals surface area contributed by atoms with Crippen LogP contribution in [0.1, 0.15) is 24.2 Å². The van der Waals surface area contributed by atoms with Crippen LogP contribution in [0.3, 0.4) is 0 Å². The highest BCUT2D eigenvalue weighted by atomic mass is 16.5. The van der Waals surface area contributed by atoms with E-state index in [9.17, 15) is 0 Å². The summed E-state index contributed by atoms with van der Waals surface area (Å²) >= 11 is 0. The summed E-state index contributed by atoms with van der Waals surface area (Å²) in [7, 11) is 0. The molecule has 0 amide bonds. The van der Waals surface area contributed by atoms with Gasteiger partial charge >= 0.3 is 0 Å². The molecule has 0 aliphatic carbocycles. The second-order valence-electron chi connectivity index (χ2n) is 2.19. The van der Waals surface area contributed by atoms with Crippen molar-refractivity contribution in [3.05, 3.63) is 17.5 Å². The summed E-state index contributed by atoms with van der Waals surface area (Å²) in [5.41, 5.74) is 0.877. The Kier molecular flexibility index (Phi) is 1.72. The lowest BCUT2D eigenvalue weighted by Crippen LogP contribution is -1.87. The van der Waals surface area contributed by atoms with Crippen LogP contribution in [0.15, 0.2) is 10.7 Å². The van der Waals surface area contributed by atoms with Crippen LogP contribution >= 0.6 is 0 Å². The van der Waals surface area contributed by atoms with Crippen LogP contribution in [0.4, 0.5) is 0 Å². The summed E-state index contributed by atoms with van der Waals surface area (Å²) in [6, 6.07) is 2.11. The quantitative estimate of drug-likeness (QED) is 0.589. The molecule has 1 heterocycles. The maximum absolute atomic E-state index is 8.51. The molecule has 1 aromatic rings. The van der Waals surface area contributed by atoms with E-state index in [1.54, 1.807) is 13.1 Å². The highest BCUT2D eigenvalue weighted by Crippen LogP contribution is 2.16. The minimum absolute atomic E-state index is 0.119. The van der Waals surface area contributed by atoms with E-state index in [1.807, 2.05) is 6.92 Å². The molecule has 0 aromatic carbocycles. The Labute approximate surface area is 59.2 Å². The van der Waals surface area contributed by atoms with Gasteiger partial charge in [-0.25, -0.2) is 0 Å². The van der Waals surface area contributed by atoms with Gasteiger partial charge in [-0.3, -0.25) is 0 Å². The van der Waals surface area contributed by atoms with Gasteiger partial charge in [0.15, 0.2) is 0 Å². The molecule has 3 heteroatoms. The Morgan fingerprint density at radius 3 is 2.90 bits per heavy atom. The van der Waals surface area contributed by atoms with Crippen LogP contribution in [-0.2, 0) is 0 Å². The topological polar surface area (TPSA) is 49.8 Å². The van der Waals surface area contributed by atoms with Crippen molar-refractivity contribution in [3.8, 4) is 6.07 Å². The van der Waals surface area contributed by atoms with Crippen molar-refractivity contribution in [3.63, 3.8) is 0 Å². The third-order valence-electron chi connectivity index (χ3n) is 1.45. The Morgan fingerprint density at radius 1 is 1.80 bits per heavy atom. The molecular weight excluding hydrogens is 128 g/mol. The number of aromatic nitrogens is 1. The van der Waals surface area contributed by atoms with E-state index in [0.29, 0.717) is 0 Å². The van der Waals surface area contributed by atoms with Crippen LogP contribution in [0, 0.1) is 18.3 Å². The molecule has 0 aliphatic rings. The molecule has 10 heavy (non-hydrogen) atoms. The fourth-order valence-electron chi connectivity index (χ4n) is 0.792. The molecule has 0 fully saturated rings. The molecular formula is C7H8N2O. The number of nitriles is 1. The molecule has 1 unspecified atom stereocenters. The SMILES string of the molecule is Cc1oncc1C(C)C#N. The second kappa shape index (κ2) is 2.53. The lowest BCUT2D eigenvalue weighted by molar-refractivity contribution is 0.396. The van der Waals surface area contributed by atoms with Gasteiger partial charge < -0.3 is 4.52 Å². The summed E-state index contributed by atoms with van der Waals surface area (Å²) in [5, 5.41) is 12.1. The van der Waals surface area contributed by atoms with Gasteiger partial charge in [-0.15, -0.1) is 0 Å². The van der Waals surface area contributed by atoms with Gasteiger partial charge in [0.25, 0.3) is 0 Å². The van der Waals surface area contributed by atoms with Crippen molar-refractivity contribution in [1.82, 2.24) is 5.16 Å². The van der Waals surface area contributed by atoms with Crippen LogP contribution < -0.4 is 0 Å². The maximum Gasteiger partial charge on any atom is 0.138 e. The minimum atomic E-state index is -0.119. The lowest BCUT2D eigenvalue weighted by Gasteiger charge is -1.94. The molecule has 0 saturated carbocycles. The van der Waals surface area contributed by atoms with Crippen LogP contribution in [0.5, 0.6) is 0 Å². The summed E-state index contributed by atoms with van der Waals surface area (Å²) in [6.45, 7) is 3.62. The zero-order chi connectivity index (χ0) is 7.56. The number of hydrogen-bond acceptors (Lipinski definition) is 3. The molecule has 0 saturated heterocycles. The first-order chi connectivity index (χ1) is 4.75. The van der Waals surface area contributed by atoms with Gasteiger partial charge in [0.05, 0.1) is 18.2 Å². The molecule has 0 bridgehead atoms. The maximum atomic E-state index is 8.51. The standard InChI is InChI=1S/C7H8N2O/c1-5(3-8)7-4-9-10-6(7)2/h4-5H,1-2H3. The average molecular weight is 136 g/mol. The monoisotopic (exact) mass is 136 g/mol. The Bertz CT molecular complexity index is 259. The van der Waals surface area contributed by atoms with Gasteiger partial charge in [0.2, 0.25) is 0 Å². The van der Waals surface area contributed by atoms with Gasteiger partial charge in [0, 0.05) is 5.56 Å². The molecule has 3 nitrogen and oxygen atoms in total. The first-order valence-corrected chi connectivity index (χ1v) is 3.06. The Hall–Kier alpha value is -1.30. The summed E-state index contributed by atoms with van der Waals surface area (Å²) in [4.78, 5) is 0. The Morgan fingerprint density at radius 2 is 2.50 bits per heavy atom. The van der Waals surface area contributed by atoms with Crippen LogP contribution in [0.25, 0.3) is 0 Å². The molecule has 1 aromatic heterocycles. The minimum Gasteiger partial charge on any atom is -0.361 e. The predicted octanol–water partition coefficient (Wildman–Crippen LogP) is 1.61. The van der Waals surface area contributed by atoms with Crippen molar-refractivity contribution in [2.24, 2.45) is 0 Å². The van der Waals surface area contributed by atoms with E-state index in [2.05, 4.69) is 11.2 Å². The van der Waals surface area contributed by atoms with E-state index in [1.165, 1.54) is 0 Å². The summed E-state index contributed by atoms with van der Waals surface area (Å²) in [6.07, 6.45) is 1.59. The average Bonchev–Trinajstić information content (AvgIpc) is 2.34. The summed E-state index contributed by atoms with van der Waals surface area (Å²) in [5.74, 6) is 0.611. The van der Waals surface area contributed by atoms with Crippen molar-refractivity contribution in [2.75, 3.05) is 0 Å². The smallest absolute Gasteiger partial charge is 0.138 e. The zero-order valence-corrected chi connectivity index (χ0v) is 5.96. The van der Waals surface area contributed by atoms with Crippen molar-refractivity contribution in [2.45, 2.75) is 19.8 Å². The third kappa shape index (κ3) is 1.01. The third-order valence-corrected chi connectivity index (χ3v) is 1.45. The van der Waals surface area contributed by atoms with Gasteiger partial charge in [0.1, 0.15) is 5.76 Å². The largest absolute Gasteiger partial charge is 0.361 e. The van der Waals surface area contributed by atoms with Crippen LogP contribution in [-0.4, -0.2) is 5.16 Å². The summed E-state index contributed by atoms with van der Waals surface area (Å²) < 4.78 is 4.79. The molecule has 0 spiro atoms. The molecule has 1 atom stereocenters. The van der Waals surface area contributed by atoms with Gasteiger partial charge in [-0.05, 0) is 13.8 Å². The number of nitrogens with zero attached hydrogens (tertiary/aromatic N) is 2. The normalized spacial score (nSPS) is 12.5. The van der Waals surface area contributed by atoms with E-state index < -0.39 is 0 Å². The Balaban J connectivity index is 2.96. The number of rotatable bonds is 1. The molecule has 52 valence electrons. The predicted molar refractivity (Wildman–Crippen MR) is 35.3 cm³/mol. The molecule has 0 radical (unpaired) electrons. The van der Waals surface area contributed by atoms with E-state index in [4.69, 9.17) is 9.78 Å². The van der Waals surface area contributed by atoms with E-state index in [0.717, 1.165) is 11.3 Å². The fraction of sp³-hybridized carbons (Fsp3) is 0.429. The van der Waals surface area contributed by atoms with E-state index >= 15 is 0 Å². The first-order valence-electron chi connectivity index (χ1n) is 3.06. The van der Waals surface area contributed by atoms with Crippen molar-refractivity contribution >= 4 is 0 Å². The highest BCUT2D eigenvalue weighted by molar-refractivity contribution is 5.22. The highest BCUT2D eigenvalue weighted by Gasteiger charge is 2.09. The van der Waals surface area contributed by atoms with Crippen molar-refractivity contribution in [1.29, 1.82) is 5.26 Å². The molecule has 1 rings (SSSR count). The molecule has 0 N–H and O–H groups in total. The fourth-order valence-corrected chi connectivity index (χ4v) is 0.792. The van der Waals surface area contributed by atoms with Crippen LogP contribution in [0.2, 0.25) is 0 Å². The molecule has 0 aliphatic heterocycles. The van der Waals surface area contributed by atoms with Gasteiger partial charge in [-0.2, -0.15) is 5.26 Å². The van der Waals surface area contributed by atoms with E-state index in [-0.39, 0.29) is 5.92 Å². The van der Waals surface area contributed by atoms with Gasteiger partial charge in [-0.1, -0.05) is 5.16 Å². The van der Waals surface area contributed by atoms with Crippen molar-refractivity contribution < 1.29 is 4.52 Å². The first kappa shape index (κ1) is 6.81. The lowest BCUT2D eigenvalue weighted by atomic mass is 10.1. The number of aryl methyl sites for hydroxylation is 1. The zero-order valence-electron chi connectivity index (χ0n) is 5.96. The number of hydrogen-bond donors (Lipinski definition) is 0.